The van der Waals surface area contributed by atoms with E-state index in [1.165, 1.54) is 47.8 Å². The van der Waals surface area contributed by atoms with Crippen molar-refractivity contribution in [3.63, 3.8) is 0 Å². The zero-order chi connectivity index (χ0) is 23.8. The van der Waals surface area contributed by atoms with Crippen LogP contribution in [0.1, 0.15) is 44.6 Å². The number of anilines is 1. The Hall–Kier alpha value is -2.09. The molecular formula is C25H34ClN3O3S. The summed E-state index contributed by atoms with van der Waals surface area (Å²) in [7, 11) is -3.94. The van der Waals surface area contributed by atoms with Gasteiger partial charge in [0.15, 0.2) is 0 Å². The predicted molar refractivity (Wildman–Crippen MR) is 134 cm³/mol. The lowest BCUT2D eigenvalue weighted by molar-refractivity contribution is -0.119. The summed E-state index contributed by atoms with van der Waals surface area (Å²) in [6.07, 6.45) is 5.77. The summed E-state index contributed by atoms with van der Waals surface area (Å²) in [5.41, 5.74) is 1.26. The van der Waals surface area contributed by atoms with E-state index in [4.69, 9.17) is 11.6 Å². The van der Waals surface area contributed by atoms with Crippen LogP contribution in [0.5, 0.6) is 0 Å². The first kappa shape index (κ1) is 25.5. The van der Waals surface area contributed by atoms with E-state index in [1.807, 2.05) is 19.1 Å². The number of carbonyl (C=O) groups is 1. The molecule has 0 spiro atoms. The number of halogens is 1. The van der Waals surface area contributed by atoms with E-state index in [1.54, 1.807) is 12.1 Å². The van der Waals surface area contributed by atoms with Crippen molar-refractivity contribution in [3.8, 4) is 0 Å². The quantitative estimate of drug-likeness (QED) is 0.492. The Balaban J connectivity index is 1.67. The van der Waals surface area contributed by atoms with Crippen molar-refractivity contribution < 1.29 is 13.2 Å². The number of likely N-dealkylation sites (tertiary alicyclic amines) is 1. The van der Waals surface area contributed by atoms with Gasteiger partial charge >= 0.3 is 0 Å². The van der Waals surface area contributed by atoms with Gasteiger partial charge in [0.25, 0.3) is 10.0 Å². The molecule has 2 aromatic rings. The average molecular weight is 492 g/mol. The lowest BCUT2D eigenvalue weighted by Gasteiger charge is -2.35. The number of nitrogens with one attached hydrogen (secondary N) is 1. The minimum absolute atomic E-state index is 0.0960. The lowest BCUT2D eigenvalue weighted by Crippen LogP contribution is -2.43. The maximum atomic E-state index is 13.4. The number of rotatable bonds is 10. The van der Waals surface area contributed by atoms with E-state index < -0.39 is 10.0 Å². The van der Waals surface area contributed by atoms with E-state index in [0.717, 1.165) is 31.5 Å². The van der Waals surface area contributed by atoms with Gasteiger partial charge in [0.2, 0.25) is 5.91 Å². The maximum Gasteiger partial charge on any atom is 0.264 e. The molecule has 1 amide bonds. The fraction of sp³-hybridized carbons (Fsp3) is 0.480. The van der Waals surface area contributed by atoms with E-state index in [-0.39, 0.29) is 17.3 Å². The number of hydrogen-bond acceptors (Lipinski definition) is 4. The summed E-state index contributed by atoms with van der Waals surface area (Å²) < 4.78 is 28.0. The van der Waals surface area contributed by atoms with Gasteiger partial charge in [0.05, 0.1) is 10.6 Å². The number of para-hydroxylation sites is 1. The van der Waals surface area contributed by atoms with Crippen LogP contribution >= 0.6 is 11.6 Å². The minimum atomic E-state index is -3.94. The molecule has 1 fully saturated rings. The van der Waals surface area contributed by atoms with Crippen LogP contribution in [0, 0.1) is 6.92 Å². The molecule has 0 radical (unpaired) electrons. The molecule has 6 nitrogen and oxygen atoms in total. The molecule has 1 N–H and O–H groups in total. The van der Waals surface area contributed by atoms with Gasteiger partial charge in [-0.05, 0) is 75.0 Å². The van der Waals surface area contributed by atoms with Crippen molar-refractivity contribution in [1.29, 1.82) is 0 Å². The molecule has 1 aliphatic heterocycles. The smallest absolute Gasteiger partial charge is 0.264 e. The number of aryl methyl sites for hydroxylation is 1. The summed E-state index contributed by atoms with van der Waals surface area (Å²) in [6, 6.07) is 13.8. The Labute approximate surface area is 203 Å². The number of sulfonamides is 1. The third-order valence-corrected chi connectivity index (χ3v) is 8.26. The Morgan fingerprint density at radius 3 is 2.58 bits per heavy atom. The molecule has 180 valence electrons. The highest BCUT2D eigenvalue weighted by Crippen LogP contribution is 2.27. The summed E-state index contributed by atoms with van der Waals surface area (Å²) >= 11 is 5.94. The predicted octanol–water partition coefficient (Wildman–Crippen LogP) is 4.61. The first-order valence-electron chi connectivity index (χ1n) is 11.7. The van der Waals surface area contributed by atoms with Gasteiger partial charge in [-0.3, -0.25) is 9.10 Å². The second kappa shape index (κ2) is 11.9. The van der Waals surface area contributed by atoms with Crippen LogP contribution in [0.2, 0.25) is 5.02 Å². The highest BCUT2D eigenvalue weighted by atomic mass is 35.5. The molecule has 1 unspecified atom stereocenters. The summed E-state index contributed by atoms with van der Waals surface area (Å²) in [6.45, 7) is 6.37. The van der Waals surface area contributed by atoms with Crippen molar-refractivity contribution in [2.24, 2.45) is 0 Å². The Kier molecular flexibility index (Phi) is 9.18. The number of nitrogens with zero attached hydrogens (tertiary/aromatic N) is 2. The van der Waals surface area contributed by atoms with Gasteiger partial charge in [-0.2, -0.15) is 0 Å². The minimum Gasteiger partial charge on any atom is -0.354 e. The van der Waals surface area contributed by atoms with Crippen LogP contribution in [0.3, 0.4) is 0 Å². The van der Waals surface area contributed by atoms with Crippen LogP contribution in [0.4, 0.5) is 5.69 Å². The van der Waals surface area contributed by atoms with E-state index >= 15 is 0 Å². The second-order valence-electron chi connectivity index (χ2n) is 8.55. The first-order chi connectivity index (χ1) is 15.8. The molecule has 1 heterocycles. The van der Waals surface area contributed by atoms with Crippen molar-refractivity contribution in [2.75, 3.05) is 30.5 Å². The van der Waals surface area contributed by atoms with E-state index in [9.17, 15) is 13.2 Å². The van der Waals surface area contributed by atoms with Gasteiger partial charge in [-0.15, -0.1) is 0 Å². The van der Waals surface area contributed by atoms with Crippen molar-refractivity contribution in [1.82, 2.24) is 10.2 Å². The zero-order valence-corrected chi connectivity index (χ0v) is 21.0. The fourth-order valence-electron chi connectivity index (χ4n) is 4.39. The zero-order valence-electron chi connectivity index (χ0n) is 19.5. The third-order valence-electron chi connectivity index (χ3n) is 6.24. The topological polar surface area (TPSA) is 69.7 Å². The van der Waals surface area contributed by atoms with Crippen LogP contribution in [0.25, 0.3) is 0 Å². The number of piperidine rings is 1. The number of benzene rings is 2. The molecule has 3 rings (SSSR count). The SMILES string of the molecule is CCC1CCCCN1CCCNC(=O)CN(c1ccccc1C)S(=O)(=O)c1ccc(Cl)cc1. The van der Waals surface area contributed by atoms with Gasteiger partial charge in [-0.25, -0.2) is 8.42 Å². The average Bonchev–Trinajstić information content (AvgIpc) is 2.81. The largest absolute Gasteiger partial charge is 0.354 e. The highest BCUT2D eigenvalue weighted by Gasteiger charge is 2.28. The number of amides is 1. The molecule has 0 aliphatic carbocycles. The van der Waals surface area contributed by atoms with Gasteiger partial charge in [0.1, 0.15) is 6.54 Å². The Morgan fingerprint density at radius 2 is 1.88 bits per heavy atom. The van der Waals surface area contributed by atoms with Gasteiger partial charge in [0, 0.05) is 24.2 Å². The maximum absolute atomic E-state index is 13.4. The summed E-state index contributed by atoms with van der Waals surface area (Å²) in [4.78, 5) is 15.4. The second-order valence-corrected chi connectivity index (χ2v) is 10.8. The summed E-state index contributed by atoms with van der Waals surface area (Å²) in [5.74, 6) is -0.318. The lowest BCUT2D eigenvalue weighted by atomic mass is 10.00. The van der Waals surface area contributed by atoms with Crippen molar-refractivity contribution in [2.45, 2.75) is 56.9 Å². The standard InChI is InChI=1S/C25H34ClN3O3S/c1-3-22-10-6-7-17-28(22)18-8-16-27-25(30)19-29(24-11-5-4-9-20(24)2)33(31,32)23-14-12-21(26)13-15-23/h4-5,9,11-15,22H,3,6-8,10,16-19H2,1-2H3,(H,27,30). The van der Waals surface area contributed by atoms with Crippen LogP contribution < -0.4 is 9.62 Å². The number of hydrogen-bond donors (Lipinski definition) is 1. The Morgan fingerprint density at radius 1 is 1.15 bits per heavy atom. The molecule has 33 heavy (non-hydrogen) atoms. The highest BCUT2D eigenvalue weighted by molar-refractivity contribution is 7.92. The molecule has 0 saturated carbocycles. The monoisotopic (exact) mass is 491 g/mol. The molecule has 0 aromatic heterocycles. The van der Waals surface area contributed by atoms with E-state index in [2.05, 4.69) is 17.1 Å². The third kappa shape index (κ3) is 6.71. The molecule has 2 aromatic carbocycles. The van der Waals surface area contributed by atoms with Crippen molar-refractivity contribution >= 4 is 33.2 Å². The molecular weight excluding hydrogens is 458 g/mol. The van der Waals surface area contributed by atoms with E-state index in [0.29, 0.717) is 23.3 Å². The first-order valence-corrected chi connectivity index (χ1v) is 13.5. The van der Waals surface area contributed by atoms with Crippen molar-refractivity contribution in [3.05, 3.63) is 59.1 Å². The molecule has 0 bridgehead atoms. The van der Waals surface area contributed by atoms with Crippen LogP contribution in [-0.4, -0.2) is 51.4 Å². The van der Waals surface area contributed by atoms with Crippen LogP contribution in [0.15, 0.2) is 53.4 Å². The fourth-order valence-corrected chi connectivity index (χ4v) is 6.00. The molecule has 1 saturated heterocycles. The van der Waals surface area contributed by atoms with Gasteiger partial charge < -0.3 is 10.2 Å². The number of carbonyl (C=O) groups excluding carboxylic acids is 1. The van der Waals surface area contributed by atoms with Gasteiger partial charge in [-0.1, -0.05) is 43.1 Å². The Bertz CT molecular complexity index is 1030. The summed E-state index contributed by atoms with van der Waals surface area (Å²) in [5, 5.41) is 3.37. The molecule has 1 atom stereocenters. The molecule has 8 heteroatoms. The van der Waals surface area contributed by atoms with Crippen LogP contribution in [-0.2, 0) is 14.8 Å². The normalized spacial score (nSPS) is 17.0. The molecule has 1 aliphatic rings.